The third kappa shape index (κ3) is 3.56. The monoisotopic (exact) mass is 366 g/mol. The van der Waals surface area contributed by atoms with Crippen LogP contribution in [0.15, 0.2) is 58.3 Å². The quantitative estimate of drug-likeness (QED) is 0.494. The summed E-state index contributed by atoms with van der Waals surface area (Å²) in [6, 6.07) is 14.1. The SMILES string of the molecule is [O-][S+](c1ccccc1C(Cl)Cl)c1ccccc1C(Cl)Cl. The molecule has 0 aliphatic rings. The molecule has 0 fully saturated rings. The van der Waals surface area contributed by atoms with Crippen LogP contribution in [0.3, 0.4) is 0 Å². The van der Waals surface area contributed by atoms with Crippen LogP contribution >= 0.6 is 46.4 Å². The van der Waals surface area contributed by atoms with Crippen molar-refractivity contribution < 1.29 is 4.55 Å². The third-order valence-electron chi connectivity index (χ3n) is 2.71. The Morgan fingerprint density at radius 3 is 1.40 bits per heavy atom. The summed E-state index contributed by atoms with van der Waals surface area (Å²) in [6.45, 7) is 0. The number of alkyl halides is 4. The predicted octanol–water partition coefficient (Wildman–Crippen LogP) is 5.81. The van der Waals surface area contributed by atoms with E-state index in [0.29, 0.717) is 20.9 Å². The van der Waals surface area contributed by atoms with E-state index < -0.39 is 20.8 Å². The first kappa shape index (κ1) is 16.3. The first-order valence-corrected chi connectivity index (χ1v) is 8.58. The van der Waals surface area contributed by atoms with Crippen LogP contribution in [0.1, 0.15) is 20.8 Å². The van der Waals surface area contributed by atoms with Crippen molar-refractivity contribution in [3.8, 4) is 0 Å². The molecule has 0 bridgehead atoms. The molecule has 1 nitrogen and oxygen atoms in total. The van der Waals surface area contributed by atoms with E-state index in [1.165, 1.54) is 0 Å². The van der Waals surface area contributed by atoms with E-state index >= 15 is 0 Å². The van der Waals surface area contributed by atoms with Crippen LogP contribution in [0.5, 0.6) is 0 Å². The average Bonchev–Trinajstić information content (AvgIpc) is 2.46. The number of benzene rings is 2. The first-order chi connectivity index (χ1) is 9.52. The van der Waals surface area contributed by atoms with Crippen LogP contribution in [0.25, 0.3) is 0 Å². The molecule has 0 radical (unpaired) electrons. The lowest BCUT2D eigenvalue weighted by Gasteiger charge is -2.17. The fraction of sp³-hybridized carbons (Fsp3) is 0.143. The maximum atomic E-state index is 12.8. The van der Waals surface area contributed by atoms with Gasteiger partial charge in [-0.25, -0.2) is 0 Å². The van der Waals surface area contributed by atoms with E-state index in [4.69, 9.17) is 46.4 Å². The van der Waals surface area contributed by atoms with Gasteiger partial charge in [-0.1, -0.05) is 82.8 Å². The normalized spacial score (nSPS) is 11.6. The highest BCUT2D eigenvalue weighted by Gasteiger charge is 2.25. The fourth-order valence-corrected chi connectivity index (χ4v) is 4.24. The van der Waals surface area contributed by atoms with Gasteiger partial charge in [0.05, 0.1) is 0 Å². The second-order valence-electron chi connectivity index (χ2n) is 3.95. The molecule has 0 atom stereocenters. The summed E-state index contributed by atoms with van der Waals surface area (Å²) in [4.78, 5) is -0.372. The van der Waals surface area contributed by atoms with Crippen molar-refractivity contribution in [2.75, 3.05) is 0 Å². The molecule has 0 aliphatic heterocycles. The molecule has 2 aromatic carbocycles. The van der Waals surface area contributed by atoms with Crippen LogP contribution in [0.4, 0.5) is 0 Å². The van der Waals surface area contributed by atoms with Gasteiger partial charge < -0.3 is 4.55 Å². The Hall–Kier alpha value is -0.0900. The molecular weight excluding hydrogens is 358 g/mol. The molecule has 0 unspecified atom stereocenters. The Bertz CT molecular complexity index is 537. The molecule has 2 aromatic rings. The van der Waals surface area contributed by atoms with E-state index in [9.17, 15) is 4.55 Å². The Morgan fingerprint density at radius 2 is 1.05 bits per heavy atom. The Labute approximate surface area is 141 Å². The summed E-state index contributed by atoms with van der Waals surface area (Å²) in [7, 11) is 0. The van der Waals surface area contributed by atoms with Gasteiger partial charge in [-0.15, -0.1) is 0 Å². The van der Waals surface area contributed by atoms with Gasteiger partial charge in [-0.3, -0.25) is 0 Å². The third-order valence-corrected chi connectivity index (χ3v) is 5.19. The molecule has 0 aromatic heterocycles. The second-order valence-corrected chi connectivity index (χ2v) is 7.56. The molecule has 0 amide bonds. The second kappa shape index (κ2) is 7.26. The minimum Gasteiger partial charge on any atom is -0.606 e. The van der Waals surface area contributed by atoms with E-state index in [-0.39, 0.29) is 0 Å². The van der Waals surface area contributed by atoms with Crippen LogP contribution < -0.4 is 0 Å². The van der Waals surface area contributed by atoms with E-state index in [2.05, 4.69) is 0 Å². The van der Waals surface area contributed by atoms with E-state index in [1.54, 1.807) is 48.5 Å². The lowest BCUT2D eigenvalue weighted by molar-refractivity contribution is 0.593. The minimum atomic E-state index is -1.45. The number of halogens is 4. The highest BCUT2D eigenvalue weighted by atomic mass is 35.5. The van der Waals surface area contributed by atoms with Crippen molar-refractivity contribution in [1.82, 2.24) is 0 Å². The Morgan fingerprint density at radius 1 is 0.700 bits per heavy atom. The van der Waals surface area contributed by atoms with Crippen molar-refractivity contribution in [1.29, 1.82) is 0 Å². The molecule has 0 saturated heterocycles. The van der Waals surface area contributed by atoms with Gasteiger partial charge in [0.25, 0.3) is 0 Å². The Kier molecular flexibility index (Phi) is 5.91. The van der Waals surface area contributed by atoms with Crippen molar-refractivity contribution >= 4 is 57.6 Å². The summed E-state index contributed by atoms with van der Waals surface area (Å²) in [5.41, 5.74) is 1.23. The van der Waals surface area contributed by atoms with Crippen molar-refractivity contribution in [2.45, 2.75) is 19.5 Å². The lowest BCUT2D eigenvalue weighted by atomic mass is 10.2. The number of rotatable bonds is 4. The van der Waals surface area contributed by atoms with Crippen molar-refractivity contribution in [2.24, 2.45) is 0 Å². The van der Waals surface area contributed by atoms with Crippen LogP contribution in [0, 0.1) is 0 Å². The zero-order valence-electron chi connectivity index (χ0n) is 10.1. The lowest BCUT2D eigenvalue weighted by Crippen LogP contribution is -2.08. The maximum absolute atomic E-state index is 12.8. The predicted molar refractivity (Wildman–Crippen MR) is 86.5 cm³/mol. The van der Waals surface area contributed by atoms with Gasteiger partial charge in [0.15, 0.2) is 9.79 Å². The Balaban J connectivity index is 2.50. The molecule has 6 heteroatoms. The van der Waals surface area contributed by atoms with E-state index in [0.717, 1.165) is 0 Å². The molecule has 20 heavy (non-hydrogen) atoms. The van der Waals surface area contributed by atoms with Crippen LogP contribution in [-0.2, 0) is 11.2 Å². The van der Waals surface area contributed by atoms with E-state index in [1.807, 2.05) is 0 Å². The van der Waals surface area contributed by atoms with Gasteiger partial charge in [-0.05, 0) is 12.1 Å². The molecule has 2 rings (SSSR count). The zero-order valence-corrected chi connectivity index (χ0v) is 13.9. The zero-order chi connectivity index (χ0) is 14.7. The smallest absolute Gasteiger partial charge is 0.164 e. The van der Waals surface area contributed by atoms with Gasteiger partial charge in [-0.2, -0.15) is 0 Å². The molecule has 0 spiro atoms. The average molecular weight is 368 g/mol. The topological polar surface area (TPSA) is 23.1 Å². The maximum Gasteiger partial charge on any atom is 0.164 e. The minimum absolute atomic E-state index is 0.559. The number of hydrogen-bond donors (Lipinski definition) is 0. The van der Waals surface area contributed by atoms with Crippen LogP contribution in [0.2, 0.25) is 0 Å². The molecule has 0 aliphatic carbocycles. The van der Waals surface area contributed by atoms with Crippen molar-refractivity contribution in [3.63, 3.8) is 0 Å². The highest BCUT2D eigenvalue weighted by molar-refractivity contribution is 7.91. The fourth-order valence-electron chi connectivity index (χ4n) is 1.78. The van der Waals surface area contributed by atoms with Gasteiger partial charge in [0, 0.05) is 22.3 Å². The first-order valence-electron chi connectivity index (χ1n) is 5.68. The summed E-state index contributed by atoms with van der Waals surface area (Å²) >= 11 is 22.2. The molecule has 106 valence electrons. The van der Waals surface area contributed by atoms with Crippen LogP contribution in [-0.4, -0.2) is 4.55 Å². The molecule has 0 saturated carbocycles. The summed E-state index contributed by atoms with van der Waals surface area (Å²) in [5, 5.41) is 0. The highest BCUT2D eigenvalue weighted by Crippen LogP contribution is 2.37. The summed E-state index contributed by atoms with van der Waals surface area (Å²) < 4.78 is 12.8. The largest absolute Gasteiger partial charge is 0.606 e. The molecular formula is C14H10Cl4OS. The summed E-state index contributed by atoms with van der Waals surface area (Å²) in [6.07, 6.45) is 0. The molecule has 0 heterocycles. The van der Waals surface area contributed by atoms with Gasteiger partial charge in [0.2, 0.25) is 0 Å². The standard InChI is InChI=1S/C14H10Cl4OS/c15-13(16)9-5-1-3-7-11(9)20(19)12-8-4-2-6-10(12)14(17)18/h1-8,13-14H. The summed E-state index contributed by atoms with van der Waals surface area (Å²) in [5.74, 6) is 0. The molecule has 0 N–H and O–H groups in total. The van der Waals surface area contributed by atoms with Gasteiger partial charge in [0.1, 0.15) is 9.67 Å². The number of hydrogen-bond acceptors (Lipinski definition) is 1. The van der Waals surface area contributed by atoms with Crippen molar-refractivity contribution in [3.05, 3.63) is 59.7 Å². The van der Waals surface area contributed by atoms with Gasteiger partial charge >= 0.3 is 0 Å².